The van der Waals surface area contributed by atoms with Crippen LogP contribution in [0.1, 0.15) is 34.1 Å². The number of ether oxygens (including phenoxy) is 1. The van der Waals surface area contributed by atoms with Crippen LogP contribution in [-0.4, -0.2) is 28.7 Å². The molecule has 0 saturated carbocycles. The first-order chi connectivity index (χ1) is 7.31. The van der Waals surface area contributed by atoms with Gasteiger partial charge in [-0.25, -0.2) is 0 Å². The molecule has 1 N–H and O–H groups in total. The Kier molecular flexibility index (Phi) is 6.48. The summed E-state index contributed by atoms with van der Waals surface area (Å²) in [5.41, 5.74) is -0.459. The van der Waals surface area contributed by atoms with Crippen LogP contribution in [0, 0.1) is 11.3 Å². The highest BCUT2D eigenvalue weighted by Gasteiger charge is 2.26. The van der Waals surface area contributed by atoms with Gasteiger partial charge in [0, 0.05) is 5.75 Å². The second-order valence-electron chi connectivity index (χ2n) is 4.40. The maximum Gasteiger partial charge on any atom is 0.312 e. The molecule has 0 saturated heterocycles. The van der Waals surface area contributed by atoms with Gasteiger partial charge in [0.1, 0.15) is 5.94 Å². The van der Waals surface area contributed by atoms with Crippen molar-refractivity contribution in [1.29, 1.82) is 0 Å². The first kappa shape index (κ1) is 15.3. The first-order valence-electron chi connectivity index (χ1n) is 5.29. The molecule has 0 aliphatic rings. The van der Waals surface area contributed by atoms with Crippen molar-refractivity contribution in [3.8, 4) is 0 Å². The zero-order chi connectivity index (χ0) is 12.8. The monoisotopic (exact) mass is 248 g/mol. The standard InChI is InChI=1S/C11H20O4S/c1-5-11(3,4)10(14)15-7-16-6-8(2)9(12)13/h8H,5-7H2,1-4H3,(H,12,13). The number of thioether (sulfide) groups is 1. The number of aliphatic carboxylic acids is 1. The van der Waals surface area contributed by atoms with Crippen LogP contribution in [-0.2, 0) is 14.3 Å². The highest BCUT2D eigenvalue weighted by Crippen LogP contribution is 2.22. The Bertz CT molecular complexity index is 250. The maximum atomic E-state index is 11.5. The molecular formula is C11H20O4S. The number of rotatable bonds is 7. The van der Waals surface area contributed by atoms with E-state index in [1.165, 1.54) is 11.8 Å². The SMILES string of the molecule is CCC(C)(C)C(=O)OCSCC(C)C(=O)O. The molecule has 0 aromatic heterocycles. The molecule has 0 heterocycles. The Morgan fingerprint density at radius 3 is 2.44 bits per heavy atom. The van der Waals surface area contributed by atoms with Gasteiger partial charge in [-0.05, 0) is 20.3 Å². The largest absolute Gasteiger partial charge is 0.481 e. The topological polar surface area (TPSA) is 63.6 Å². The lowest BCUT2D eigenvalue weighted by Crippen LogP contribution is -2.25. The van der Waals surface area contributed by atoms with E-state index >= 15 is 0 Å². The summed E-state index contributed by atoms with van der Waals surface area (Å²) in [6.07, 6.45) is 0.724. The van der Waals surface area contributed by atoms with E-state index < -0.39 is 17.3 Å². The molecule has 16 heavy (non-hydrogen) atoms. The van der Waals surface area contributed by atoms with Crippen LogP contribution < -0.4 is 0 Å². The molecule has 94 valence electrons. The summed E-state index contributed by atoms with van der Waals surface area (Å²) in [7, 11) is 0. The Hall–Kier alpha value is -0.710. The van der Waals surface area contributed by atoms with E-state index in [0.29, 0.717) is 5.75 Å². The van der Waals surface area contributed by atoms with Gasteiger partial charge in [-0.1, -0.05) is 13.8 Å². The van der Waals surface area contributed by atoms with Crippen LogP contribution in [0.2, 0.25) is 0 Å². The molecule has 4 nitrogen and oxygen atoms in total. The van der Waals surface area contributed by atoms with Gasteiger partial charge >= 0.3 is 11.9 Å². The van der Waals surface area contributed by atoms with Crippen molar-refractivity contribution in [2.24, 2.45) is 11.3 Å². The number of esters is 1. The fraction of sp³-hybridized carbons (Fsp3) is 0.818. The van der Waals surface area contributed by atoms with Gasteiger partial charge in [0.2, 0.25) is 0 Å². The summed E-state index contributed by atoms with van der Waals surface area (Å²) in [4.78, 5) is 22.0. The maximum absolute atomic E-state index is 11.5. The average molecular weight is 248 g/mol. The molecule has 0 aliphatic heterocycles. The zero-order valence-electron chi connectivity index (χ0n) is 10.3. The number of carbonyl (C=O) groups excluding carboxylic acids is 1. The Morgan fingerprint density at radius 2 is 2.00 bits per heavy atom. The summed E-state index contributed by atoms with van der Waals surface area (Å²) in [5.74, 6) is -0.796. The van der Waals surface area contributed by atoms with E-state index in [9.17, 15) is 9.59 Å². The Morgan fingerprint density at radius 1 is 1.44 bits per heavy atom. The Labute approximate surface area is 101 Å². The summed E-state index contributed by atoms with van der Waals surface area (Å²) in [6, 6.07) is 0. The number of hydrogen-bond donors (Lipinski definition) is 1. The lowest BCUT2D eigenvalue weighted by Gasteiger charge is -2.20. The van der Waals surface area contributed by atoms with E-state index in [-0.39, 0.29) is 11.9 Å². The highest BCUT2D eigenvalue weighted by atomic mass is 32.2. The first-order valence-corrected chi connectivity index (χ1v) is 6.44. The van der Waals surface area contributed by atoms with Gasteiger partial charge in [0.15, 0.2) is 0 Å². The minimum absolute atomic E-state index is 0.222. The van der Waals surface area contributed by atoms with Gasteiger partial charge < -0.3 is 9.84 Å². The Balaban J connectivity index is 3.76. The van der Waals surface area contributed by atoms with Crippen molar-refractivity contribution in [3.05, 3.63) is 0 Å². The molecular weight excluding hydrogens is 228 g/mol. The predicted molar refractivity (Wildman–Crippen MR) is 64.3 cm³/mol. The van der Waals surface area contributed by atoms with Crippen LogP contribution in [0.3, 0.4) is 0 Å². The molecule has 0 aliphatic carbocycles. The van der Waals surface area contributed by atoms with E-state index in [4.69, 9.17) is 9.84 Å². The number of carboxylic acids is 1. The molecule has 0 aromatic carbocycles. The molecule has 0 rings (SSSR count). The van der Waals surface area contributed by atoms with Crippen molar-refractivity contribution in [1.82, 2.24) is 0 Å². The van der Waals surface area contributed by atoms with E-state index in [1.54, 1.807) is 6.92 Å². The van der Waals surface area contributed by atoms with Gasteiger partial charge in [-0.2, -0.15) is 0 Å². The molecule has 1 unspecified atom stereocenters. The number of carboxylic acid groups (broad SMARTS) is 1. The normalized spacial score (nSPS) is 13.2. The molecule has 0 fully saturated rings. The minimum Gasteiger partial charge on any atom is -0.481 e. The third-order valence-electron chi connectivity index (χ3n) is 2.50. The summed E-state index contributed by atoms with van der Waals surface area (Å²) in [5, 5.41) is 8.64. The van der Waals surface area contributed by atoms with Gasteiger partial charge in [0.05, 0.1) is 11.3 Å². The molecule has 0 aromatic rings. The summed E-state index contributed by atoms with van der Waals surface area (Å²) >= 11 is 1.32. The highest BCUT2D eigenvalue weighted by molar-refractivity contribution is 7.99. The lowest BCUT2D eigenvalue weighted by atomic mass is 9.91. The van der Waals surface area contributed by atoms with Gasteiger partial charge in [-0.15, -0.1) is 11.8 Å². The van der Waals surface area contributed by atoms with Crippen LogP contribution in [0.5, 0.6) is 0 Å². The van der Waals surface area contributed by atoms with Crippen molar-refractivity contribution in [3.63, 3.8) is 0 Å². The summed E-state index contributed by atoms with van der Waals surface area (Å²) < 4.78 is 5.06. The minimum atomic E-state index is -0.826. The van der Waals surface area contributed by atoms with Crippen LogP contribution in [0.15, 0.2) is 0 Å². The molecule has 5 heteroatoms. The second kappa shape index (κ2) is 6.78. The molecule has 1 atom stereocenters. The van der Waals surface area contributed by atoms with Crippen molar-refractivity contribution in [2.45, 2.75) is 34.1 Å². The van der Waals surface area contributed by atoms with Crippen LogP contribution >= 0.6 is 11.8 Å². The third-order valence-corrected chi connectivity index (χ3v) is 3.52. The van der Waals surface area contributed by atoms with Crippen molar-refractivity contribution < 1.29 is 19.4 Å². The molecule has 0 radical (unpaired) electrons. The lowest BCUT2D eigenvalue weighted by molar-refractivity contribution is -0.151. The third kappa shape index (κ3) is 5.39. The summed E-state index contributed by atoms with van der Waals surface area (Å²) in [6.45, 7) is 7.23. The van der Waals surface area contributed by atoms with Crippen LogP contribution in [0.4, 0.5) is 0 Å². The van der Waals surface area contributed by atoms with E-state index in [0.717, 1.165) is 6.42 Å². The van der Waals surface area contributed by atoms with Crippen molar-refractivity contribution >= 4 is 23.7 Å². The van der Waals surface area contributed by atoms with Gasteiger partial charge in [-0.3, -0.25) is 9.59 Å². The molecule has 0 bridgehead atoms. The quantitative estimate of drug-likeness (QED) is 0.426. The molecule has 0 amide bonds. The number of hydrogen-bond acceptors (Lipinski definition) is 4. The van der Waals surface area contributed by atoms with E-state index in [1.807, 2.05) is 20.8 Å². The zero-order valence-corrected chi connectivity index (χ0v) is 11.1. The average Bonchev–Trinajstić information content (AvgIpc) is 2.23. The van der Waals surface area contributed by atoms with E-state index in [2.05, 4.69) is 0 Å². The predicted octanol–water partition coefficient (Wildman–Crippen LogP) is 2.38. The van der Waals surface area contributed by atoms with Crippen molar-refractivity contribution in [2.75, 3.05) is 11.7 Å². The fourth-order valence-electron chi connectivity index (χ4n) is 0.731. The molecule has 0 spiro atoms. The fourth-order valence-corrected chi connectivity index (χ4v) is 1.51. The van der Waals surface area contributed by atoms with Crippen LogP contribution in [0.25, 0.3) is 0 Å². The number of carbonyl (C=O) groups is 2. The smallest absolute Gasteiger partial charge is 0.312 e. The van der Waals surface area contributed by atoms with Gasteiger partial charge in [0.25, 0.3) is 0 Å². The second-order valence-corrected chi connectivity index (χ2v) is 5.37.